The van der Waals surface area contributed by atoms with Gasteiger partial charge in [0.1, 0.15) is 11.3 Å². The zero-order chi connectivity index (χ0) is 10.8. The molecule has 80 valence electrons. The third kappa shape index (κ3) is 1.77. The van der Waals surface area contributed by atoms with Gasteiger partial charge in [0, 0.05) is 32.6 Å². The summed E-state index contributed by atoms with van der Waals surface area (Å²) in [5.74, 6) is 1.54. The van der Waals surface area contributed by atoms with Crippen LogP contribution in [-0.4, -0.2) is 34.6 Å². The topological polar surface area (TPSA) is 34.0 Å². The van der Waals surface area contributed by atoms with Gasteiger partial charge in [0.2, 0.25) is 0 Å². The molecule has 2 aromatic rings. The molecule has 2 heterocycles. The van der Waals surface area contributed by atoms with Crippen LogP contribution in [0.15, 0.2) is 18.5 Å². The molecule has 0 unspecified atom stereocenters. The lowest BCUT2D eigenvalue weighted by Gasteiger charge is -2.17. The molecule has 2 aromatic heterocycles. The zero-order valence-corrected chi connectivity index (χ0v) is 9.57. The molecule has 0 aromatic carbocycles. The Morgan fingerprint density at radius 3 is 2.93 bits per heavy atom. The van der Waals surface area contributed by atoms with Gasteiger partial charge >= 0.3 is 0 Å². The van der Waals surface area contributed by atoms with Gasteiger partial charge in [0.25, 0.3) is 0 Å². The number of alkyl halides is 1. The van der Waals surface area contributed by atoms with Crippen LogP contribution >= 0.6 is 11.6 Å². The number of fused-ring (bicyclic) bond motifs is 1. The van der Waals surface area contributed by atoms with Crippen molar-refractivity contribution in [2.45, 2.75) is 6.42 Å². The first-order chi connectivity index (χ1) is 7.24. The largest absolute Gasteiger partial charge is 0.317 e. The molecule has 15 heavy (non-hydrogen) atoms. The molecule has 0 fully saturated rings. The van der Waals surface area contributed by atoms with Gasteiger partial charge in [-0.15, -0.1) is 11.6 Å². The summed E-state index contributed by atoms with van der Waals surface area (Å²) in [4.78, 5) is 8.56. The van der Waals surface area contributed by atoms with Crippen molar-refractivity contribution >= 4 is 22.6 Å². The van der Waals surface area contributed by atoms with Crippen LogP contribution < -0.4 is 5.01 Å². The quantitative estimate of drug-likeness (QED) is 0.740. The average molecular weight is 225 g/mol. The second kappa shape index (κ2) is 4.06. The number of hydrogen-bond acceptors (Lipinski definition) is 3. The molecule has 0 aliphatic rings. The van der Waals surface area contributed by atoms with Gasteiger partial charge in [-0.2, -0.15) is 0 Å². The van der Waals surface area contributed by atoms with Crippen LogP contribution in [0.1, 0.15) is 5.82 Å². The molecule has 0 saturated carbocycles. The Bertz CT molecular complexity index is 463. The van der Waals surface area contributed by atoms with E-state index in [2.05, 4.69) is 14.6 Å². The molecule has 0 aliphatic heterocycles. The van der Waals surface area contributed by atoms with Crippen molar-refractivity contribution in [3.63, 3.8) is 0 Å². The highest BCUT2D eigenvalue weighted by molar-refractivity contribution is 6.17. The van der Waals surface area contributed by atoms with E-state index >= 15 is 0 Å². The van der Waals surface area contributed by atoms with Gasteiger partial charge < -0.3 is 5.01 Å². The van der Waals surface area contributed by atoms with E-state index in [4.69, 9.17) is 11.6 Å². The van der Waals surface area contributed by atoms with Gasteiger partial charge in [-0.25, -0.2) is 9.66 Å². The maximum Gasteiger partial charge on any atom is 0.130 e. The van der Waals surface area contributed by atoms with Crippen LogP contribution in [0.25, 0.3) is 11.0 Å². The van der Waals surface area contributed by atoms with Gasteiger partial charge in [-0.05, 0) is 6.07 Å². The molecule has 5 heteroatoms. The fraction of sp³-hybridized carbons (Fsp3) is 0.400. The Balaban J connectivity index is 2.63. The van der Waals surface area contributed by atoms with Crippen molar-refractivity contribution in [2.75, 3.05) is 25.0 Å². The fourth-order valence-corrected chi connectivity index (χ4v) is 1.83. The van der Waals surface area contributed by atoms with Crippen LogP contribution in [0.3, 0.4) is 0 Å². The maximum atomic E-state index is 5.75. The number of pyridine rings is 1. The number of imidazole rings is 1. The minimum atomic E-state index is 0.574. The Kier molecular flexibility index (Phi) is 2.77. The summed E-state index contributed by atoms with van der Waals surface area (Å²) in [7, 11) is 3.97. The summed E-state index contributed by atoms with van der Waals surface area (Å²) in [6.45, 7) is 0. The number of aryl methyl sites for hydroxylation is 1. The first-order valence-electron chi connectivity index (χ1n) is 4.79. The molecule has 0 N–H and O–H groups in total. The molecule has 0 bridgehead atoms. The molecule has 0 atom stereocenters. The molecule has 0 spiro atoms. The van der Waals surface area contributed by atoms with Crippen molar-refractivity contribution in [1.82, 2.24) is 14.6 Å². The highest BCUT2D eigenvalue weighted by atomic mass is 35.5. The second-order valence-electron chi connectivity index (χ2n) is 3.49. The summed E-state index contributed by atoms with van der Waals surface area (Å²) in [5, 5.41) is 2.00. The summed E-state index contributed by atoms with van der Waals surface area (Å²) < 4.78 is 2.05. The van der Waals surface area contributed by atoms with Crippen LogP contribution in [0.5, 0.6) is 0 Å². The number of halogens is 1. The molecule has 0 saturated heterocycles. The number of hydrogen-bond donors (Lipinski definition) is 0. The van der Waals surface area contributed by atoms with E-state index in [0.29, 0.717) is 5.88 Å². The summed E-state index contributed by atoms with van der Waals surface area (Å²) in [5.41, 5.74) is 1.97. The zero-order valence-electron chi connectivity index (χ0n) is 8.81. The van der Waals surface area contributed by atoms with Gasteiger partial charge in [-0.1, -0.05) is 0 Å². The fourth-order valence-electron chi connectivity index (χ4n) is 1.66. The number of rotatable bonds is 3. The molecule has 0 aliphatic carbocycles. The minimum Gasteiger partial charge on any atom is -0.317 e. The van der Waals surface area contributed by atoms with Crippen molar-refractivity contribution in [3.05, 3.63) is 24.3 Å². The number of nitrogens with zero attached hydrogens (tertiary/aromatic N) is 4. The Morgan fingerprint density at radius 2 is 2.27 bits per heavy atom. The minimum absolute atomic E-state index is 0.574. The van der Waals surface area contributed by atoms with E-state index in [0.717, 1.165) is 23.3 Å². The monoisotopic (exact) mass is 224 g/mol. The lowest BCUT2D eigenvalue weighted by Crippen LogP contribution is -2.26. The Hall–Kier alpha value is -1.29. The second-order valence-corrected chi connectivity index (χ2v) is 3.87. The summed E-state index contributed by atoms with van der Waals surface area (Å²) >= 11 is 5.75. The normalized spacial score (nSPS) is 10.9. The summed E-state index contributed by atoms with van der Waals surface area (Å²) in [6, 6.07) is 1.96. The smallest absolute Gasteiger partial charge is 0.130 e. The van der Waals surface area contributed by atoms with Crippen LogP contribution in [0.2, 0.25) is 0 Å². The maximum absolute atomic E-state index is 5.75. The highest BCUT2D eigenvalue weighted by Gasteiger charge is 2.10. The van der Waals surface area contributed by atoms with Crippen LogP contribution in [-0.2, 0) is 6.42 Å². The van der Waals surface area contributed by atoms with E-state index in [9.17, 15) is 0 Å². The Labute approximate surface area is 93.5 Å². The molecule has 0 amide bonds. The van der Waals surface area contributed by atoms with Gasteiger partial charge in [-0.3, -0.25) is 4.98 Å². The highest BCUT2D eigenvalue weighted by Crippen LogP contribution is 2.15. The third-order valence-electron chi connectivity index (χ3n) is 2.22. The Morgan fingerprint density at radius 1 is 1.47 bits per heavy atom. The predicted octanol–water partition coefficient (Wildman–Crippen LogP) is 1.41. The standard InChI is InChI=1S/C10H13ClN4/c1-14(2)15-9-4-6-12-7-8(9)13-10(15)3-5-11/h4,6-7H,3,5H2,1-2H3. The third-order valence-corrected chi connectivity index (χ3v) is 2.41. The lowest BCUT2D eigenvalue weighted by molar-refractivity contribution is 0.703. The summed E-state index contributed by atoms with van der Waals surface area (Å²) in [6.07, 6.45) is 4.30. The van der Waals surface area contributed by atoms with E-state index in [1.165, 1.54) is 0 Å². The lowest BCUT2D eigenvalue weighted by atomic mass is 10.4. The van der Waals surface area contributed by atoms with Gasteiger partial charge in [0.05, 0.1) is 11.7 Å². The first-order valence-corrected chi connectivity index (χ1v) is 5.32. The van der Waals surface area contributed by atoms with E-state index in [1.807, 2.05) is 25.2 Å². The van der Waals surface area contributed by atoms with E-state index in [-0.39, 0.29) is 0 Å². The van der Waals surface area contributed by atoms with Crippen molar-refractivity contribution in [1.29, 1.82) is 0 Å². The molecular formula is C10H13ClN4. The SMILES string of the molecule is CN(C)n1c(CCCl)nc2cnccc21. The van der Waals surface area contributed by atoms with Crippen molar-refractivity contribution in [3.8, 4) is 0 Å². The first kappa shape index (κ1) is 10.2. The molecule has 2 rings (SSSR count). The average Bonchev–Trinajstić information content (AvgIpc) is 2.56. The molecular weight excluding hydrogens is 212 g/mol. The molecule has 0 radical (unpaired) electrons. The van der Waals surface area contributed by atoms with Crippen LogP contribution in [0, 0.1) is 0 Å². The van der Waals surface area contributed by atoms with E-state index in [1.54, 1.807) is 12.4 Å². The van der Waals surface area contributed by atoms with E-state index < -0.39 is 0 Å². The van der Waals surface area contributed by atoms with Crippen molar-refractivity contribution in [2.24, 2.45) is 0 Å². The van der Waals surface area contributed by atoms with Crippen LogP contribution in [0.4, 0.5) is 0 Å². The number of aromatic nitrogens is 3. The molecule has 4 nitrogen and oxygen atoms in total. The van der Waals surface area contributed by atoms with Gasteiger partial charge in [0.15, 0.2) is 0 Å². The predicted molar refractivity (Wildman–Crippen MR) is 62.0 cm³/mol. The van der Waals surface area contributed by atoms with Crippen molar-refractivity contribution < 1.29 is 0 Å².